The lowest BCUT2D eigenvalue weighted by atomic mass is 10.2. The van der Waals surface area contributed by atoms with Crippen molar-refractivity contribution in [2.24, 2.45) is 5.73 Å². The van der Waals surface area contributed by atoms with Crippen molar-refractivity contribution in [1.29, 1.82) is 0 Å². The summed E-state index contributed by atoms with van der Waals surface area (Å²) in [4.78, 5) is 10.3. The molecule has 0 saturated carbocycles. The van der Waals surface area contributed by atoms with Crippen LogP contribution in [0, 0.1) is 10.1 Å². The van der Waals surface area contributed by atoms with E-state index in [1.807, 2.05) is 0 Å². The lowest BCUT2D eigenvalue weighted by Crippen LogP contribution is -2.10. The highest BCUT2D eigenvalue weighted by molar-refractivity contribution is 7.80. The molecule has 1 rings (SSSR count). The van der Waals surface area contributed by atoms with Crippen molar-refractivity contribution in [2.75, 3.05) is 6.61 Å². The van der Waals surface area contributed by atoms with E-state index < -0.39 is 4.92 Å². The van der Waals surface area contributed by atoms with Crippen LogP contribution in [0.3, 0.4) is 0 Å². The highest BCUT2D eigenvalue weighted by Gasteiger charge is 2.16. The van der Waals surface area contributed by atoms with Gasteiger partial charge in [-0.15, -0.1) is 0 Å². The van der Waals surface area contributed by atoms with Crippen LogP contribution in [0.15, 0.2) is 18.2 Å². The third kappa shape index (κ3) is 2.63. The predicted molar refractivity (Wildman–Crippen MR) is 60.2 cm³/mol. The van der Waals surface area contributed by atoms with Gasteiger partial charge in [0, 0.05) is 11.6 Å². The molecule has 1 aromatic rings. The summed E-state index contributed by atoms with van der Waals surface area (Å²) in [5.74, 6) is 0.225. The first-order valence-corrected chi connectivity index (χ1v) is 4.68. The fourth-order valence-corrected chi connectivity index (χ4v) is 1.22. The minimum absolute atomic E-state index is 0.123. The van der Waals surface area contributed by atoms with E-state index in [4.69, 9.17) is 22.7 Å². The number of nitrogens with two attached hydrogens (primary N) is 1. The third-order valence-corrected chi connectivity index (χ3v) is 1.98. The Labute approximate surface area is 92.0 Å². The number of nitro groups is 1. The van der Waals surface area contributed by atoms with Crippen molar-refractivity contribution in [2.45, 2.75) is 6.92 Å². The molecule has 1 aromatic carbocycles. The van der Waals surface area contributed by atoms with Crippen LogP contribution in [0.2, 0.25) is 0 Å². The predicted octanol–water partition coefficient (Wildman–Crippen LogP) is 1.63. The molecule has 2 N–H and O–H groups in total. The van der Waals surface area contributed by atoms with Crippen molar-refractivity contribution < 1.29 is 9.66 Å². The highest BCUT2D eigenvalue weighted by Crippen LogP contribution is 2.27. The van der Waals surface area contributed by atoms with E-state index in [0.717, 1.165) is 0 Å². The van der Waals surface area contributed by atoms with Crippen molar-refractivity contribution in [3.8, 4) is 5.75 Å². The minimum atomic E-state index is -0.521. The van der Waals surface area contributed by atoms with E-state index in [1.165, 1.54) is 12.1 Å². The number of ether oxygens (including phenoxy) is 1. The van der Waals surface area contributed by atoms with Gasteiger partial charge in [-0.1, -0.05) is 12.2 Å². The molecule has 0 aliphatic carbocycles. The van der Waals surface area contributed by atoms with Crippen LogP contribution in [-0.4, -0.2) is 16.5 Å². The number of nitro benzene ring substituents is 1. The van der Waals surface area contributed by atoms with Crippen LogP contribution in [0.1, 0.15) is 12.5 Å². The standard InChI is InChI=1S/C9H10N2O3S/c1-2-14-8-4-3-6(9(10)15)5-7(8)11(12)13/h3-5H,2H2,1H3,(H2,10,15). The summed E-state index contributed by atoms with van der Waals surface area (Å²) in [7, 11) is 0. The van der Waals surface area contributed by atoms with Gasteiger partial charge in [0.1, 0.15) is 4.99 Å². The van der Waals surface area contributed by atoms with Crippen molar-refractivity contribution in [3.63, 3.8) is 0 Å². The summed E-state index contributed by atoms with van der Waals surface area (Å²) >= 11 is 4.73. The Bertz CT molecular complexity index is 406. The van der Waals surface area contributed by atoms with Crippen LogP contribution >= 0.6 is 12.2 Å². The summed E-state index contributed by atoms with van der Waals surface area (Å²) in [6, 6.07) is 4.41. The number of benzene rings is 1. The molecule has 0 atom stereocenters. The number of hydrogen-bond acceptors (Lipinski definition) is 4. The molecule has 0 unspecified atom stereocenters. The molecule has 0 aromatic heterocycles. The lowest BCUT2D eigenvalue weighted by Gasteiger charge is -2.05. The lowest BCUT2D eigenvalue weighted by molar-refractivity contribution is -0.385. The van der Waals surface area contributed by atoms with Crippen LogP contribution in [-0.2, 0) is 0 Å². The molecule has 0 fully saturated rings. The number of rotatable bonds is 4. The highest BCUT2D eigenvalue weighted by atomic mass is 32.1. The quantitative estimate of drug-likeness (QED) is 0.479. The van der Waals surface area contributed by atoms with Gasteiger partial charge < -0.3 is 10.5 Å². The second-order valence-electron chi connectivity index (χ2n) is 2.74. The van der Waals surface area contributed by atoms with Gasteiger partial charge in [0.25, 0.3) is 0 Å². The first kappa shape index (κ1) is 11.4. The van der Waals surface area contributed by atoms with Gasteiger partial charge >= 0.3 is 5.69 Å². The molecule has 80 valence electrons. The second kappa shape index (κ2) is 4.70. The smallest absolute Gasteiger partial charge is 0.311 e. The topological polar surface area (TPSA) is 78.4 Å². The molecule has 5 nitrogen and oxygen atoms in total. The third-order valence-electron chi connectivity index (χ3n) is 1.74. The van der Waals surface area contributed by atoms with E-state index >= 15 is 0 Å². The zero-order chi connectivity index (χ0) is 11.4. The Morgan fingerprint density at radius 3 is 2.80 bits per heavy atom. The average Bonchev–Trinajstić information content (AvgIpc) is 2.18. The Morgan fingerprint density at radius 2 is 2.33 bits per heavy atom. The fraction of sp³-hybridized carbons (Fsp3) is 0.222. The Kier molecular flexibility index (Phi) is 3.56. The summed E-state index contributed by atoms with van der Waals surface area (Å²) in [5.41, 5.74) is 5.71. The van der Waals surface area contributed by atoms with Crippen LogP contribution in [0.4, 0.5) is 5.69 Å². The Morgan fingerprint density at radius 1 is 1.67 bits per heavy atom. The summed E-state index contributed by atoms with van der Waals surface area (Å²) in [6.07, 6.45) is 0. The fourth-order valence-electron chi connectivity index (χ4n) is 1.09. The molecule has 0 bridgehead atoms. The molecule has 0 heterocycles. The molecule has 15 heavy (non-hydrogen) atoms. The van der Waals surface area contributed by atoms with Crippen molar-refractivity contribution in [3.05, 3.63) is 33.9 Å². The van der Waals surface area contributed by atoms with Gasteiger partial charge in [-0.2, -0.15) is 0 Å². The average molecular weight is 226 g/mol. The molecule has 0 spiro atoms. The van der Waals surface area contributed by atoms with Gasteiger partial charge in [-0.05, 0) is 19.1 Å². The maximum atomic E-state index is 10.7. The number of thiocarbonyl (C=S) groups is 1. The molecule has 0 radical (unpaired) electrons. The van der Waals surface area contributed by atoms with Gasteiger partial charge in [-0.3, -0.25) is 10.1 Å². The molecular formula is C9H10N2O3S. The zero-order valence-electron chi connectivity index (χ0n) is 8.10. The van der Waals surface area contributed by atoms with Gasteiger partial charge in [0.15, 0.2) is 5.75 Å². The second-order valence-corrected chi connectivity index (χ2v) is 3.18. The monoisotopic (exact) mass is 226 g/mol. The van der Waals surface area contributed by atoms with Gasteiger partial charge in [-0.25, -0.2) is 0 Å². The van der Waals surface area contributed by atoms with Gasteiger partial charge in [0.2, 0.25) is 0 Å². The Balaban J connectivity index is 3.20. The van der Waals surface area contributed by atoms with Crippen molar-refractivity contribution in [1.82, 2.24) is 0 Å². The van der Waals surface area contributed by atoms with E-state index in [-0.39, 0.29) is 16.4 Å². The number of nitrogens with zero attached hydrogens (tertiary/aromatic N) is 1. The minimum Gasteiger partial charge on any atom is -0.487 e. The summed E-state index contributed by atoms with van der Waals surface area (Å²) < 4.78 is 5.11. The van der Waals surface area contributed by atoms with E-state index in [9.17, 15) is 10.1 Å². The van der Waals surface area contributed by atoms with Gasteiger partial charge in [0.05, 0.1) is 11.5 Å². The SMILES string of the molecule is CCOc1ccc(C(N)=S)cc1[N+](=O)[O-]. The maximum Gasteiger partial charge on any atom is 0.311 e. The van der Waals surface area contributed by atoms with E-state index in [0.29, 0.717) is 12.2 Å². The Hall–Kier alpha value is -1.69. The summed E-state index contributed by atoms with van der Waals surface area (Å²) in [5, 5.41) is 10.7. The molecule has 6 heteroatoms. The van der Waals surface area contributed by atoms with Crippen LogP contribution < -0.4 is 10.5 Å². The molecule has 0 saturated heterocycles. The molecule has 0 aliphatic rings. The molecule has 0 aliphatic heterocycles. The molecular weight excluding hydrogens is 216 g/mol. The van der Waals surface area contributed by atoms with E-state index in [2.05, 4.69) is 0 Å². The zero-order valence-corrected chi connectivity index (χ0v) is 8.91. The normalized spacial score (nSPS) is 9.67. The van der Waals surface area contributed by atoms with E-state index in [1.54, 1.807) is 13.0 Å². The maximum absolute atomic E-state index is 10.7. The number of hydrogen-bond donors (Lipinski definition) is 1. The van der Waals surface area contributed by atoms with Crippen LogP contribution in [0.5, 0.6) is 5.75 Å². The first-order chi connectivity index (χ1) is 7.06. The first-order valence-electron chi connectivity index (χ1n) is 4.27. The summed E-state index contributed by atoms with van der Waals surface area (Å²) in [6.45, 7) is 2.12. The van der Waals surface area contributed by atoms with Crippen molar-refractivity contribution >= 4 is 22.9 Å². The van der Waals surface area contributed by atoms with Crippen LogP contribution in [0.25, 0.3) is 0 Å². The largest absolute Gasteiger partial charge is 0.487 e. The molecule has 0 amide bonds.